The van der Waals surface area contributed by atoms with Crippen molar-refractivity contribution in [2.75, 3.05) is 17.3 Å². The largest absolute Gasteiger partial charge is 0.396 e. The van der Waals surface area contributed by atoms with Crippen molar-refractivity contribution < 1.29 is 14.8 Å². The van der Waals surface area contributed by atoms with Gasteiger partial charge in [-0.3, -0.25) is 19.8 Å². The zero-order chi connectivity index (χ0) is 19.4. The summed E-state index contributed by atoms with van der Waals surface area (Å²) in [6, 6.07) is 13.9. The molecule has 2 aromatic rings. The molecule has 1 amide bonds. The molecule has 0 unspecified atom stereocenters. The van der Waals surface area contributed by atoms with Crippen molar-refractivity contribution in [1.29, 1.82) is 0 Å². The minimum atomic E-state index is -0.466. The Kier molecular flexibility index (Phi) is 6.27. The van der Waals surface area contributed by atoms with Crippen LogP contribution in [0.4, 0.5) is 11.4 Å². The zero-order valence-electron chi connectivity index (χ0n) is 13.9. The van der Waals surface area contributed by atoms with Gasteiger partial charge in [-0.25, -0.2) is 0 Å². The fraction of sp³-hybridized carbons (Fsp3) is 0.111. The third kappa shape index (κ3) is 4.38. The first-order valence-corrected chi connectivity index (χ1v) is 10.1. The smallest absolute Gasteiger partial charge is 0.283 e. The molecule has 1 aliphatic heterocycles. The SMILES string of the molecule is O=C1C(=Cc2ccc(SCCO)c([N+](=O)[O-])c2)SC(=S)N1c1ccccc1. The molecule has 0 atom stereocenters. The van der Waals surface area contributed by atoms with Crippen LogP contribution in [0.2, 0.25) is 0 Å². The van der Waals surface area contributed by atoms with Crippen LogP contribution in [0.1, 0.15) is 5.56 Å². The van der Waals surface area contributed by atoms with Gasteiger partial charge in [0, 0.05) is 11.8 Å². The molecule has 1 saturated heterocycles. The Bertz CT molecular complexity index is 931. The summed E-state index contributed by atoms with van der Waals surface area (Å²) in [5.74, 6) is 0.119. The molecule has 3 rings (SSSR count). The molecule has 1 fully saturated rings. The van der Waals surface area contributed by atoms with Gasteiger partial charge in [0.2, 0.25) is 0 Å². The standard InChI is InChI=1S/C18H14N2O4S3/c21-8-9-26-15-7-6-12(10-14(15)20(23)24)11-16-17(22)19(18(25)27-16)13-4-2-1-3-5-13/h1-7,10-11,21H,8-9H2. The van der Waals surface area contributed by atoms with Gasteiger partial charge in [0.15, 0.2) is 4.32 Å². The Morgan fingerprint density at radius 3 is 2.67 bits per heavy atom. The Morgan fingerprint density at radius 1 is 1.26 bits per heavy atom. The number of hydrogen-bond acceptors (Lipinski definition) is 7. The van der Waals surface area contributed by atoms with E-state index in [0.717, 1.165) is 11.8 Å². The van der Waals surface area contributed by atoms with Gasteiger partial charge in [0.25, 0.3) is 11.6 Å². The molecular weight excluding hydrogens is 404 g/mol. The second-order valence-electron chi connectivity index (χ2n) is 5.41. The molecule has 0 aromatic heterocycles. The number of nitro groups is 1. The maximum Gasteiger partial charge on any atom is 0.283 e. The number of carbonyl (C=O) groups excluding carboxylic acids is 1. The highest BCUT2D eigenvalue weighted by molar-refractivity contribution is 8.27. The number of aliphatic hydroxyl groups excluding tert-OH is 1. The molecule has 9 heteroatoms. The van der Waals surface area contributed by atoms with Crippen molar-refractivity contribution in [2.24, 2.45) is 0 Å². The van der Waals surface area contributed by atoms with Crippen molar-refractivity contribution in [3.63, 3.8) is 0 Å². The average molecular weight is 419 g/mol. The Labute approximate surface area is 169 Å². The summed E-state index contributed by atoms with van der Waals surface area (Å²) >= 11 is 7.70. The number of para-hydroxylation sites is 1. The fourth-order valence-corrected chi connectivity index (χ4v) is 4.52. The van der Waals surface area contributed by atoms with E-state index in [-0.39, 0.29) is 18.2 Å². The Morgan fingerprint density at radius 2 is 2.00 bits per heavy atom. The maximum atomic E-state index is 12.7. The lowest BCUT2D eigenvalue weighted by atomic mass is 10.2. The minimum Gasteiger partial charge on any atom is -0.396 e. The molecule has 0 bridgehead atoms. The number of nitro benzene ring substituents is 1. The number of hydrogen-bond donors (Lipinski definition) is 1. The van der Waals surface area contributed by atoms with E-state index in [9.17, 15) is 14.9 Å². The van der Waals surface area contributed by atoms with Gasteiger partial charge in [-0.05, 0) is 29.8 Å². The molecule has 6 nitrogen and oxygen atoms in total. The van der Waals surface area contributed by atoms with Crippen molar-refractivity contribution in [2.45, 2.75) is 4.90 Å². The molecule has 138 valence electrons. The van der Waals surface area contributed by atoms with Crippen molar-refractivity contribution in [1.82, 2.24) is 0 Å². The number of anilines is 1. The molecule has 1 heterocycles. The summed E-state index contributed by atoms with van der Waals surface area (Å²) in [6.45, 7) is -0.0640. The lowest BCUT2D eigenvalue weighted by Crippen LogP contribution is -2.27. The molecule has 1 N–H and O–H groups in total. The van der Waals surface area contributed by atoms with Crippen LogP contribution in [0, 0.1) is 10.1 Å². The first-order chi connectivity index (χ1) is 13.0. The predicted octanol–water partition coefficient (Wildman–Crippen LogP) is 4.09. The summed E-state index contributed by atoms with van der Waals surface area (Å²) in [4.78, 5) is 25.9. The van der Waals surface area contributed by atoms with Gasteiger partial charge in [0.1, 0.15) is 0 Å². The molecule has 0 spiro atoms. The summed E-state index contributed by atoms with van der Waals surface area (Å²) in [6.07, 6.45) is 1.61. The summed E-state index contributed by atoms with van der Waals surface area (Å²) < 4.78 is 0.419. The van der Waals surface area contributed by atoms with E-state index in [4.69, 9.17) is 17.3 Å². The number of rotatable bonds is 6. The van der Waals surface area contributed by atoms with Crippen LogP contribution < -0.4 is 4.90 Å². The summed E-state index contributed by atoms with van der Waals surface area (Å²) in [5.41, 5.74) is 1.18. The minimum absolute atomic E-state index is 0.0549. The molecule has 0 saturated carbocycles. The number of carbonyl (C=O) groups is 1. The van der Waals surface area contributed by atoms with Crippen molar-refractivity contribution >= 4 is 63.4 Å². The predicted molar refractivity (Wildman–Crippen MR) is 113 cm³/mol. The van der Waals surface area contributed by atoms with Gasteiger partial charge in [-0.2, -0.15) is 0 Å². The van der Waals surface area contributed by atoms with Crippen molar-refractivity contribution in [3.8, 4) is 0 Å². The number of thiocarbonyl (C=S) groups is 1. The van der Waals surface area contributed by atoms with E-state index in [2.05, 4.69) is 0 Å². The quantitative estimate of drug-likeness (QED) is 0.249. The van der Waals surface area contributed by atoms with Crippen LogP contribution in [0.5, 0.6) is 0 Å². The Hall–Kier alpha value is -2.20. The molecule has 2 aromatic carbocycles. The zero-order valence-corrected chi connectivity index (χ0v) is 16.4. The third-order valence-corrected chi connectivity index (χ3v) is 5.98. The molecule has 1 aliphatic rings. The van der Waals surface area contributed by atoms with Crippen LogP contribution in [-0.4, -0.2) is 32.6 Å². The third-order valence-electron chi connectivity index (χ3n) is 3.63. The molecule has 27 heavy (non-hydrogen) atoms. The van der Waals surface area contributed by atoms with E-state index in [0.29, 0.717) is 31.1 Å². The lowest BCUT2D eigenvalue weighted by Gasteiger charge is -2.13. The lowest BCUT2D eigenvalue weighted by molar-refractivity contribution is -0.387. The Balaban J connectivity index is 1.90. The van der Waals surface area contributed by atoms with Crippen molar-refractivity contribution in [3.05, 3.63) is 69.1 Å². The molecule has 0 aliphatic carbocycles. The van der Waals surface area contributed by atoms with Gasteiger partial charge >= 0.3 is 0 Å². The molecular formula is C18H14N2O4S3. The average Bonchev–Trinajstić information content (AvgIpc) is 2.94. The van der Waals surface area contributed by atoms with Crippen LogP contribution in [-0.2, 0) is 4.79 Å². The topological polar surface area (TPSA) is 83.7 Å². The first-order valence-electron chi connectivity index (χ1n) is 7.86. The first kappa shape index (κ1) is 19.6. The van der Waals surface area contributed by atoms with Gasteiger partial charge < -0.3 is 5.11 Å². The van der Waals surface area contributed by atoms with E-state index < -0.39 is 4.92 Å². The van der Waals surface area contributed by atoms with Crippen LogP contribution in [0.3, 0.4) is 0 Å². The fourth-order valence-electron chi connectivity index (χ4n) is 2.46. The monoisotopic (exact) mass is 418 g/mol. The molecule has 0 radical (unpaired) electrons. The van der Waals surface area contributed by atoms with E-state index in [1.54, 1.807) is 30.3 Å². The number of thioether (sulfide) groups is 2. The van der Waals surface area contributed by atoms with Crippen LogP contribution >= 0.6 is 35.7 Å². The van der Waals surface area contributed by atoms with Gasteiger partial charge in [0.05, 0.1) is 27.0 Å². The number of amides is 1. The highest BCUT2D eigenvalue weighted by Crippen LogP contribution is 2.37. The van der Waals surface area contributed by atoms with Crippen LogP contribution in [0.15, 0.2) is 58.3 Å². The van der Waals surface area contributed by atoms with E-state index >= 15 is 0 Å². The normalized spacial score (nSPS) is 15.6. The summed E-state index contributed by atoms with van der Waals surface area (Å²) in [5, 5.41) is 20.3. The van der Waals surface area contributed by atoms with Gasteiger partial charge in [-0.1, -0.05) is 48.2 Å². The highest BCUT2D eigenvalue weighted by atomic mass is 32.2. The van der Waals surface area contributed by atoms with Crippen LogP contribution in [0.25, 0.3) is 6.08 Å². The number of aliphatic hydroxyl groups is 1. The van der Waals surface area contributed by atoms with Gasteiger partial charge in [-0.15, -0.1) is 11.8 Å². The maximum absolute atomic E-state index is 12.7. The number of benzene rings is 2. The second-order valence-corrected chi connectivity index (χ2v) is 8.22. The second kappa shape index (κ2) is 8.66. The summed E-state index contributed by atoms with van der Waals surface area (Å²) in [7, 11) is 0. The number of nitrogens with zero attached hydrogens (tertiary/aromatic N) is 2. The van der Waals surface area contributed by atoms with E-state index in [1.165, 1.54) is 22.7 Å². The highest BCUT2D eigenvalue weighted by Gasteiger charge is 2.33. The van der Waals surface area contributed by atoms with E-state index in [1.807, 2.05) is 18.2 Å².